The lowest BCUT2D eigenvalue weighted by Crippen LogP contribution is -2.15. The molecule has 0 aromatic carbocycles. The topological polar surface area (TPSA) is 60.5 Å². The van der Waals surface area contributed by atoms with E-state index in [0.29, 0.717) is 17.9 Å². The van der Waals surface area contributed by atoms with Gasteiger partial charge in [0.15, 0.2) is 0 Å². The summed E-state index contributed by atoms with van der Waals surface area (Å²) in [5.41, 5.74) is 2.23. The molecule has 0 saturated carbocycles. The van der Waals surface area contributed by atoms with Gasteiger partial charge in [0.2, 0.25) is 0 Å². The van der Waals surface area contributed by atoms with Crippen LogP contribution in [0.5, 0.6) is 0 Å². The van der Waals surface area contributed by atoms with Crippen LogP contribution in [0.15, 0.2) is 58.5 Å². The van der Waals surface area contributed by atoms with Crippen LogP contribution in [0.4, 0.5) is 0 Å². The van der Waals surface area contributed by atoms with Crippen LogP contribution >= 0.6 is 0 Å². The number of hydrogen-bond donors (Lipinski definition) is 1. The van der Waals surface area contributed by atoms with E-state index >= 15 is 0 Å². The molecular weight excluding hydrogens is 224 g/mol. The second kappa shape index (κ2) is 8.71. The Morgan fingerprint density at radius 1 is 1.33 bits per heavy atom. The number of allylic oxidation sites excluding steroid dienone is 2. The summed E-state index contributed by atoms with van der Waals surface area (Å²) in [4.78, 5) is 7.89. The van der Waals surface area contributed by atoms with Crippen LogP contribution in [-0.4, -0.2) is 19.0 Å². The lowest BCUT2D eigenvalue weighted by Gasteiger charge is -2.04. The number of nitrogens with zero attached hydrogens (tertiary/aromatic N) is 3. The maximum absolute atomic E-state index is 8.83. The zero-order valence-corrected chi connectivity index (χ0v) is 10.9. The Hall–Kier alpha value is -2.41. The highest BCUT2D eigenvalue weighted by Crippen LogP contribution is 1.99. The van der Waals surface area contributed by atoms with Gasteiger partial charge in [-0.15, -0.1) is 0 Å². The fraction of sp³-hybridized carbons (Fsp3) is 0.214. The zero-order chi connectivity index (χ0) is 14.0. The highest BCUT2D eigenvalue weighted by molar-refractivity contribution is 5.85. The van der Waals surface area contributed by atoms with Gasteiger partial charge in [-0.25, -0.2) is 4.99 Å². The molecule has 0 spiro atoms. The first-order valence-electron chi connectivity index (χ1n) is 5.37. The quantitative estimate of drug-likeness (QED) is 0.551. The molecule has 0 bridgehead atoms. The fourth-order valence-electron chi connectivity index (χ4n) is 0.877. The minimum Gasteiger partial charge on any atom is -0.366 e. The Bertz CT molecular complexity index is 455. The van der Waals surface area contributed by atoms with Gasteiger partial charge >= 0.3 is 0 Å². The lowest BCUT2D eigenvalue weighted by molar-refractivity contribution is 0.885. The van der Waals surface area contributed by atoms with Gasteiger partial charge in [-0.05, 0) is 19.4 Å². The molecule has 0 amide bonds. The van der Waals surface area contributed by atoms with Crippen LogP contribution in [0.3, 0.4) is 0 Å². The molecule has 0 rings (SSSR count). The van der Waals surface area contributed by atoms with Crippen LogP contribution in [0, 0.1) is 11.3 Å². The second-order valence-electron chi connectivity index (χ2n) is 3.70. The third-order valence-corrected chi connectivity index (χ3v) is 1.89. The Kier molecular flexibility index (Phi) is 7.54. The van der Waals surface area contributed by atoms with Gasteiger partial charge < -0.3 is 5.32 Å². The van der Waals surface area contributed by atoms with Crippen molar-refractivity contribution in [3.63, 3.8) is 0 Å². The van der Waals surface area contributed by atoms with Gasteiger partial charge in [0, 0.05) is 25.2 Å². The molecule has 94 valence electrons. The van der Waals surface area contributed by atoms with E-state index < -0.39 is 0 Å². The van der Waals surface area contributed by atoms with E-state index in [-0.39, 0.29) is 0 Å². The standard InChI is InChI=1S/C14H18N4/c1-6-16-8-12(4)9-17-13(5)18-10-14(7-15)11(2)3/h6,8,10,17H,1,4-5,9H2,2-3H3/b16-8-,18-10-. The lowest BCUT2D eigenvalue weighted by atomic mass is 10.2. The second-order valence-corrected chi connectivity index (χ2v) is 3.70. The van der Waals surface area contributed by atoms with Crippen LogP contribution in [0.25, 0.3) is 0 Å². The van der Waals surface area contributed by atoms with Gasteiger partial charge in [-0.1, -0.05) is 25.3 Å². The summed E-state index contributed by atoms with van der Waals surface area (Å²) in [5, 5.41) is 11.8. The maximum Gasteiger partial charge on any atom is 0.118 e. The first-order valence-corrected chi connectivity index (χ1v) is 5.37. The van der Waals surface area contributed by atoms with Crippen LogP contribution in [0.2, 0.25) is 0 Å². The summed E-state index contributed by atoms with van der Waals surface area (Å²) < 4.78 is 0. The van der Waals surface area contributed by atoms with E-state index in [1.165, 1.54) is 12.4 Å². The third kappa shape index (κ3) is 6.96. The first-order chi connectivity index (χ1) is 8.51. The molecule has 0 radical (unpaired) electrons. The largest absolute Gasteiger partial charge is 0.366 e. The molecule has 0 saturated heterocycles. The molecule has 0 fully saturated rings. The highest BCUT2D eigenvalue weighted by atomic mass is 15.0. The van der Waals surface area contributed by atoms with Gasteiger partial charge in [-0.2, -0.15) is 5.26 Å². The Balaban J connectivity index is 4.30. The molecule has 0 atom stereocenters. The van der Waals surface area contributed by atoms with E-state index in [1.807, 2.05) is 13.8 Å². The molecule has 4 heteroatoms. The molecule has 4 nitrogen and oxygen atoms in total. The number of nitriles is 1. The zero-order valence-electron chi connectivity index (χ0n) is 10.9. The summed E-state index contributed by atoms with van der Waals surface area (Å²) in [6, 6.07) is 2.06. The monoisotopic (exact) mass is 242 g/mol. The molecule has 1 N–H and O–H groups in total. The molecule has 0 heterocycles. The summed E-state index contributed by atoms with van der Waals surface area (Å²) in [6.45, 7) is 15.2. The molecule has 18 heavy (non-hydrogen) atoms. The maximum atomic E-state index is 8.83. The van der Waals surface area contributed by atoms with Crippen molar-refractivity contribution in [2.24, 2.45) is 9.98 Å². The predicted octanol–water partition coefficient (Wildman–Crippen LogP) is 2.75. The molecule has 0 aromatic rings. The average molecular weight is 242 g/mol. The molecule has 0 aliphatic rings. The van der Waals surface area contributed by atoms with Crippen molar-refractivity contribution >= 4 is 12.4 Å². The number of rotatable bonds is 7. The Morgan fingerprint density at radius 2 is 2.00 bits per heavy atom. The normalized spacial score (nSPS) is 10.1. The van der Waals surface area contributed by atoms with Gasteiger partial charge in [0.05, 0.1) is 5.57 Å². The fourth-order valence-corrected chi connectivity index (χ4v) is 0.877. The molecule has 0 aliphatic carbocycles. The molecule has 0 aliphatic heterocycles. The third-order valence-electron chi connectivity index (χ3n) is 1.89. The van der Waals surface area contributed by atoms with E-state index in [1.54, 1.807) is 6.21 Å². The average Bonchev–Trinajstić information content (AvgIpc) is 2.34. The first kappa shape index (κ1) is 15.6. The number of aliphatic imine (C=N–C) groups is 2. The van der Waals surface area contributed by atoms with E-state index in [0.717, 1.165) is 11.1 Å². The minimum absolute atomic E-state index is 0.470. The summed E-state index contributed by atoms with van der Waals surface area (Å²) in [6.07, 6.45) is 4.53. The number of hydrogen-bond acceptors (Lipinski definition) is 4. The van der Waals surface area contributed by atoms with Crippen LogP contribution in [-0.2, 0) is 0 Å². The molecule has 0 unspecified atom stereocenters. The smallest absolute Gasteiger partial charge is 0.118 e. The summed E-state index contributed by atoms with van der Waals surface area (Å²) >= 11 is 0. The van der Waals surface area contributed by atoms with Crippen LogP contribution < -0.4 is 5.32 Å². The Morgan fingerprint density at radius 3 is 2.50 bits per heavy atom. The van der Waals surface area contributed by atoms with Crippen LogP contribution in [0.1, 0.15) is 13.8 Å². The van der Waals surface area contributed by atoms with Crippen molar-refractivity contribution in [3.05, 3.63) is 48.5 Å². The highest BCUT2D eigenvalue weighted by Gasteiger charge is 1.94. The van der Waals surface area contributed by atoms with Gasteiger partial charge in [-0.3, -0.25) is 4.99 Å². The molecule has 0 aromatic heterocycles. The molecular formula is C14H18N4. The van der Waals surface area contributed by atoms with Crippen molar-refractivity contribution in [1.29, 1.82) is 5.26 Å². The minimum atomic E-state index is 0.470. The van der Waals surface area contributed by atoms with Crippen molar-refractivity contribution in [2.45, 2.75) is 13.8 Å². The van der Waals surface area contributed by atoms with Crippen molar-refractivity contribution in [2.75, 3.05) is 6.54 Å². The van der Waals surface area contributed by atoms with Crippen molar-refractivity contribution < 1.29 is 0 Å². The Labute approximate surface area is 108 Å². The van der Waals surface area contributed by atoms with E-state index in [4.69, 9.17) is 5.26 Å². The summed E-state index contributed by atoms with van der Waals surface area (Å²) in [7, 11) is 0. The number of nitrogens with one attached hydrogen (secondary N) is 1. The van der Waals surface area contributed by atoms with E-state index in [9.17, 15) is 0 Å². The summed E-state index contributed by atoms with van der Waals surface area (Å²) in [5.74, 6) is 0.470. The van der Waals surface area contributed by atoms with E-state index in [2.05, 4.69) is 41.1 Å². The SMILES string of the molecule is C=C/N=C\C(=C)CNC(=C)/N=C\C(C#N)=C(C)C. The van der Waals surface area contributed by atoms with Gasteiger partial charge in [0.1, 0.15) is 11.9 Å². The van der Waals surface area contributed by atoms with Gasteiger partial charge in [0.25, 0.3) is 0 Å². The predicted molar refractivity (Wildman–Crippen MR) is 77.5 cm³/mol. The van der Waals surface area contributed by atoms with Crippen molar-refractivity contribution in [3.8, 4) is 6.07 Å². The van der Waals surface area contributed by atoms with Crippen molar-refractivity contribution in [1.82, 2.24) is 5.32 Å².